The molecule has 1 aromatic carbocycles. The number of aromatic nitrogens is 2. The highest BCUT2D eigenvalue weighted by atomic mass is 32.2. The molecule has 13 heteroatoms. The monoisotopic (exact) mass is 639 g/mol. The van der Waals surface area contributed by atoms with E-state index in [0.29, 0.717) is 41.3 Å². The summed E-state index contributed by atoms with van der Waals surface area (Å²) in [5.41, 5.74) is -0.768. The number of ether oxygens (including phenoxy) is 2. The van der Waals surface area contributed by atoms with E-state index in [9.17, 15) is 22.8 Å². The van der Waals surface area contributed by atoms with Crippen LogP contribution in [0.5, 0.6) is 11.6 Å². The van der Waals surface area contributed by atoms with Crippen molar-refractivity contribution in [1.29, 1.82) is 0 Å². The number of carbonyl (C=O) groups is 3. The average Bonchev–Trinajstić information content (AvgIpc) is 3.92. The fraction of sp³-hybridized carbons (Fsp3) is 0.594. The van der Waals surface area contributed by atoms with E-state index in [2.05, 4.69) is 33.9 Å². The first-order valence-electron chi connectivity index (χ1n) is 15.8. The summed E-state index contributed by atoms with van der Waals surface area (Å²) in [6, 6.07) is 4.46. The predicted octanol–water partition coefficient (Wildman–Crippen LogP) is 2.87. The first-order valence-corrected chi connectivity index (χ1v) is 17.3. The van der Waals surface area contributed by atoms with Crippen molar-refractivity contribution in [3.05, 3.63) is 36.7 Å². The van der Waals surface area contributed by atoms with Gasteiger partial charge in [0.25, 0.3) is 5.91 Å². The van der Waals surface area contributed by atoms with Crippen molar-refractivity contribution in [3.8, 4) is 11.6 Å². The molecule has 45 heavy (non-hydrogen) atoms. The Kier molecular flexibility index (Phi) is 8.49. The molecule has 2 aromatic rings. The van der Waals surface area contributed by atoms with Gasteiger partial charge in [-0.3, -0.25) is 19.1 Å². The summed E-state index contributed by atoms with van der Waals surface area (Å²) in [4.78, 5) is 51.4. The molecule has 0 unspecified atom stereocenters. The third-order valence-electron chi connectivity index (χ3n) is 9.46. The lowest BCUT2D eigenvalue weighted by atomic mass is 9.91. The first kappa shape index (κ1) is 31.3. The Morgan fingerprint density at radius 2 is 1.91 bits per heavy atom. The van der Waals surface area contributed by atoms with Gasteiger partial charge < -0.3 is 19.7 Å². The number of nitrogens with one attached hydrogen (secondary N) is 2. The number of benzene rings is 1. The lowest BCUT2D eigenvalue weighted by Crippen LogP contribution is -2.56. The van der Waals surface area contributed by atoms with Gasteiger partial charge in [0.2, 0.25) is 27.7 Å². The molecule has 1 aromatic heterocycles. The summed E-state index contributed by atoms with van der Waals surface area (Å²) in [5, 5.41) is 2.99. The van der Waals surface area contributed by atoms with Crippen LogP contribution in [0.25, 0.3) is 10.9 Å². The van der Waals surface area contributed by atoms with Crippen molar-refractivity contribution < 1.29 is 32.3 Å². The molecule has 6 rings (SSSR count). The van der Waals surface area contributed by atoms with Crippen LogP contribution in [0.4, 0.5) is 0 Å². The zero-order valence-corrected chi connectivity index (χ0v) is 26.7. The van der Waals surface area contributed by atoms with Crippen LogP contribution in [0.3, 0.4) is 0 Å². The Morgan fingerprint density at radius 1 is 1.11 bits per heavy atom. The van der Waals surface area contributed by atoms with E-state index >= 15 is 0 Å². The van der Waals surface area contributed by atoms with Gasteiger partial charge in [-0.25, -0.2) is 18.4 Å². The number of fused-ring (bicyclic) bond motifs is 3. The molecule has 2 N–H and O–H groups in total. The summed E-state index contributed by atoms with van der Waals surface area (Å²) in [7, 11) is -2.24. The Labute approximate surface area is 263 Å². The van der Waals surface area contributed by atoms with Crippen LogP contribution in [0, 0.1) is 17.8 Å². The molecule has 2 aliphatic carbocycles. The summed E-state index contributed by atoms with van der Waals surface area (Å²) in [6.07, 6.45) is 9.13. The minimum Gasteiger partial charge on any atom is -0.497 e. The van der Waals surface area contributed by atoms with E-state index < -0.39 is 44.8 Å². The van der Waals surface area contributed by atoms with Crippen molar-refractivity contribution in [3.63, 3.8) is 0 Å². The second kappa shape index (κ2) is 12.2. The Balaban J connectivity index is 1.27. The van der Waals surface area contributed by atoms with Crippen LogP contribution < -0.4 is 19.5 Å². The van der Waals surface area contributed by atoms with Crippen LogP contribution >= 0.6 is 0 Å². The zero-order valence-electron chi connectivity index (χ0n) is 25.9. The van der Waals surface area contributed by atoms with Crippen LogP contribution in [0.1, 0.15) is 65.2 Å². The number of hydrogen-bond donors (Lipinski definition) is 2. The number of sulfonamides is 1. The molecule has 6 atom stereocenters. The standard InChI is InChI=1S/C32H41N5O7S/c1-19-6-4-5-7-21-16-32(21,31(40)36-45(41,42)24-9-10-24)35-29(39)27-15-23(17-37(27)28(38)13-20(2)12-19)44-30-25-11-8-22(43-3)14-26(25)33-18-34-30/h5,7-8,11,14,18-21,23-24,27H,4,6,9-10,12-13,15-17H2,1-3H3,(H,35,39)(H,36,40)/b7-5-/t19-,20-,21-,23-,27+,32-/m1/s1. The molecule has 3 heterocycles. The SMILES string of the molecule is COc1ccc2c(O[C@@H]3C[C@H]4C(=O)N[C@]5(C(=O)NS(=O)(=O)C6CC6)C[C@H]5/C=C\CC[C@@H](C)C[C@@H](C)CC(=O)N4C3)ncnc2c1. The van der Waals surface area contributed by atoms with Gasteiger partial charge in [-0.05, 0) is 62.5 Å². The van der Waals surface area contributed by atoms with Crippen LogP contribution in [0.15, 0.2) is 36.7 Å². The maximum Gasteiger partial charge on any atom is 0.259 e. The van der Waals surface area contributed by atoms with E-state index in [0.717, 1.165) is 19.3 Å². The van der Waals surface area contributed by atoms with E-state index in [1.54, 1.807) is 30.2 Å². The highest BCUT2D eigenvalue weighted by Gasteiger charge is 2.62. The average molecular weight is 640 g/mol. The zero-order chi connectivity index (χ0) is 31.9. The number of nitrogens with zero attached hydrogens (tertiary/aromatic N) is 3. The molecule has 2 saturated carbocycles. The summed E-state index contributed by atoms with van der Waals surface area (Å²) in [6.45, 7) is 4.39. The van der Waals surface area contributed by atoms with Crippen molar-refractivity contribution in [2.75, 3.05) is 13.7 Å². The highest BCUT2D eigenvalue weighted by Crippen LogP contribution is 2.46. The van der Waals surface area contributed by atoms with Crippen molar-refractivity contribution in [1.82, 2.24) is 24.9 Å². The number of allylic oxidation sites excluding steroid dienone is 1. The number of amides is 3. The van der Waals surface area contributed by atoms with Gasteiger partial charge in [-0.1, -0.05) is 26.0 Å². The second-order valence-electron chi connectivity index (χ2n) is 13.2. The van der Waals surface area contributed by atoms with E-state index in [-0.39, 0.29) is 43.6 Å². The van der Waals surface area contributed by atoms with Crippen LogP contribution in [-0.4, -0.2) is 77.6 Å². The maximum absolute atomic E-state index is 14.0. The molecule has 3 amide bonds. The molecule has 0 radical (unpaired) electrons. The molecule has 4 aliphatic rings. The minimum atomic E-state index is -3.82. The molecule has 3 fully saturated rings. The minimum absolute atomic E-state index is 0.115. The van der Waals surface area contributed by atoms with Crippen molar-refractivity contribution in [2.45, 2.75) is 88.1 Å². The lowest BCUT2D eigenvalue weighted by molar-refractivity contribution is -0.140. The largest absolute Gasteiger partial charge is 0.497 e. The number of rotatable bonds is 6. The third kappa shape index (κ3) is 6.63. The lowest BCUT2D eigenvalue weighted by Gasteiger charge is -2.27. The van der Waals surface area contributed by atoms with Gasteiger partial charge in [0, 0.05) is 24.8 Å². The van der Waals surface area contributed by atoms with Gasteiger partial charge in [0.1, 0.15) is 29.8 Å². The fourth-order valence-corrected chi connectivity index (χ4v) is 8.07. The molecule has 242 valence electrons. The molecular weight excluding hydrogens is 598 g/mol. The highest BCUT2D eigenvalue weighted by molar-refractivity contribution is 7.91. The third-order valence-corrected chi connectivity index (χ3v) is 11.3. The van der Waals surface area contributed by atoms with Gasteiger partial charge in [0.15, 0.2) is 0 Å². The fourth-order valence-electron chi connectivity index (χ4n) is 6.71. The summed E-state index contributed by atoms with van der Waals surface area (Å²) in [5.74, 6) is -0.268. The van der Waals surface area contributed by atoms with Crippen molar-refractivity contribution >= 4 is 38.6 Å². The summed E-state index contributed by atoms with van der Waals surface area (Å²) >= 11 is 0. The van der Waals surface area contributed by atoms with E-state index in [1.165, 1.54) is 6.33 Å². The van der Waals surface area contributed by atoms with E-state index in [4.69, 9.17) is 9.47 Å². The second-order valence-corrected chi connectivity index (χ2v) is 15.2. The normalized spacial score (nSPS) is 31.5. The quantitative estimate of drug-likeness (QED) is 0.454. The summed E-state index contributed by atoms with van der Waals surface area (Å²) < 4.78 is 39.2. The molecule has 0 bridgehead atoms. The van der Waals surface area contributed by atoms with Crippen molar-refractivity contribution in [2.24, 2.45) is 17.8 Å². The van der Waals surface area contributed by atoms with Crippen LogP contribution in [-0.2, 0) is 24.4 Å². The molecule has 12 nitrogen and oxygen atoms in total. The van der Waals surface area contributed by atoms with E-state index in [1.807, 2.05) is 12.2 Å². The van der Waals surface area contributed by atoms with Gasteiger partial charge in [0.05, 0.1) is 29.8 Å². The van der Waals surface area contributed by atoms with Gasteiger partial charge in [-0.15, -0.1) is 0 Å². The van der Waals surface area contributed by atoms with Gasteiger partial charge >= 0.3 is 0 Å². The number of hydrogen-bond acceptors (Lipinski definition) is 9. The molecule has 0 spiro atoms. The Morgan fingerprint density at radius 3 is 2.67 bits per heavy atom. The molecule has 2 aliphatic heterocycles. The smallest absolute Gasteiger partial charge is 0.259 e. The first-order chi connectivity index (χ1) is 21.5. The molecular formula is C32H41N5O7S. The van der Waals surface area contributed by atoms with Crippen LogP contribution in [0.2, 0.25) is 0 Å². The van der Waals surface area contributed by atoms with Gasteiger partial charge in [-0.2, -0.15) is 0 Å². The topological polar surface area (TPSA) is 157 Å². The molecule has 1 saturated heterocycles. The Bertz CT molecular complexity index is 1630. The maximum atomic E-state index is 14.0. The predicted molar refractivity (Wildman–Crippen MR) is 166 cm³/mol. The number of methoxy groups -OCH3 is 1. The number of carbonyl (C=O) groups excluding carboxylic acids is 3. The Hall–Kier alpha value is -3.74.